The van der Waals surface area contributed by atoms with Crippen molar-refractivity contribution in [1.82, 2.24) is 15.5 Å². The molecule has 0 bridgehead atoms. The maximum absolute atomic E-state index is 12.5. The van der Waals surface area contributed by atoms with E-state index in [1.807, 2.05) is 13.0 Å². The second kappa shape index (κ2) is 6.46. The van der Waals surface area contributed by atoms with Crippen LogP contribution >= 0.6 is 0 Å². The number of amides is 2. The Morgan fingerprint density at radius 2 is 1.88 bits per heavy atom. The summed E-state index contributed by atoms with van der Waals surface area (Å²) in [5.41, 5.74) is 2.28. The van der Waals surface area contributed by atoms with Gasteiger partial charge in [0, 0.05) is 11.9 Å². The van der Waals surface area contributed by atoms with Gasteiger partial charge >= 0.3 is 12.2 Å². The van der Waals surface area contributed by atoms with Gasteiger partial charge in [0.1, 0.15) is 0 Å². The molecule has 2 aromatic carbocycles. The van der Waals surface area contributed by atoms with Crippen LogP contribution in [0.5, 0.6) is 0 Å². The largest absolute Gasteiger partial charge is 0.416 e. The van der Waals surface area contributed by atoms with Crippen LogP contribution in [0.25, 0.3) is 10.9 Å². The number of nitrogens with one attached hydrogen (secondary N) is 3. The minimum absolute atomic E-state index is 0.115. The summed E-state index contributed by atoms with van der Waals surface area (Å²) in [5.74, 6) is 0. The van der Waals surface area contributed by atoms with E-state index in [-0.39, 0.29) is 6.54 Å². The number of urea groups is 1. The van der Waals surface area contributed by atoms with Gasteiger partial charge in [0.15, 0.2) is 0 Å². The highest BCUT2D eigenvalue weighted by molar-refractivity contribution is 6.01. The summed E-state index contributed by atoms with van der Waals surface area (Å²) in [6, 6.07) is 7.82. The van der Waals surface area contributed by atoms with Crippen LogP contribution < -0.4 is 10.6 Å². The molecule has 1 heterocycles. The van der Waals surface area contributed by atoms with Crippen LogP contribution in [0.2, 0.25) is 0 Å². The number of H-pyrrole nitrogens is 1. The van der Waals surface area contributed by atoms with E-state index >= 15 is 0 Å². The first kappa shape index (κ1) is 16.8. The monoisotopic (exact) mass is 348 g/mol. The van der Waals surface area contributed by atoms with Crippen LogP contribution in [0.1, 0.15) is 16.7 Å². The number of alkyl halides is 3. The van der Waals surface area contributed by atoms with E-state index in [4.69, 9.17) is 0 Å². The van der Waals surface area contributed by atoms with Gasteiger partial charge in [0.05, 0.1) is 23.0 Å². The van der Waals surface area contributed by atoms with Gasteiger partial charge in [0.25, 0.3) is 0 Å². The average Bonchev–Trinajstić information content (AvgIpc) is 3.06. The molecule has 0 aliphatic rings. The summed E-state index contributed by atoms with van der Waals surface area (Å²) in [6.07, 6.45) is -2.75. The molecule has 0 fully saturated rings. The zero-order valence-electron chi connectivity index (χ0n) is 13.2. The number of aromatic amines is 1. The Bertz CT molecular complexity index is 900. The number of carbonyl (C=O) groups excluding carboxylic acids is 1. The normalized spacial score (nSPS) is 11.5. The Balaban J connectivity index is 1.63. The molecule has 3 aromatic rings. The first-order valence-corrected chi connectivity index (χ1v) is 7.48. The fraction of sp³-hybridized carbons (Fsp3) is 0.176. The zero-order chi connectivity index (χ0) is 18.0. The molecule has 0 radical (unpaired) electrons. The Labute approximate surface area is 141 Å². The molecule has 3 N–H and O–H groups in total. The van der Waals surface area contributed by atoms with Gasteiger partial charge in [0.2, 0.25) is 0 Å². The lowest BCUT2D eigenvalue weighted by Crippen LogP contribution is -2.28. The van der Waals surface area contributed by atoms with E-state index < -0.39 is 17.8 Å². The van der Waals surface area contributed by atoms with Crippen molar-refractivity contribution in [2.75, 3.05) is 5.32 Å². The highest BCUT2D eigenvalue weighted by Crippen LogP contribution is 2.29. The Morgan fingerprint density at radius 3 is 2.56 bits per heavy atom. The van der Waals surface area contributed by atoms with Crippen LogP contribution in [0.15, 0.2) is 42.6 Å². The molecule has 5 nitrogen and oxygen atoms in total. The molecule has 3 rings (SSSR count). The number of fused-ring (bicyclic) bond motifs is 1. The van der Waals surface area contributed by atoms with Crippen molar-refractivity contribution in [3.63, 3.8) is 0 Å². The number of benzene rings is 2. The summed E-state index contributed by atoms with van der Waals surface area (Å²) in [4.78, 5) is 12.0. The fourth-order valence-corrected chi connectivity index (χ4v) is 2.44. The first-order chi connectivity index (χ1) is 11.8. The minimum Gasteiger partial charge on any atom is -0.334 e. The molecule has 0 atom stereocenters. The molecule has 1 aromatic heterocycles. The second-order valence-corrected chi connectivity index (χ2v) is 5.59. The number of hydrogen-bond acceptors (Lipinski definition) is 2. The molecular formula is C17H15F3N4O. The maximum atomic E-state index is 12.5. The standard InChI is InChI=1S/C17H15F3N4O/c1-10-2-7-14(13-9-22-24-15(10)13)23-16(25)21-8-11-3-5-12(6-4-11)17(18,19)20/h2-7,9H,8H2,1H3,(H,22,24)(H2,21,23,25). The Kier molecular flexibility index (Phi) is 4.35. The van der Waals surface area contributed by atoms with E-state index in [0.29, 0.717) is 11.3 Å². The number of carbonyl (C=O) groups is 1. The molecule has 130 valence electrons. The van der Waals surface area contributed by atoms with E-state index in [1.54, 1.807) is 12.3 Å². The Hall–Kier alpha value is -3.03. The first-order valence-electron chi connectivity index (χ1n) is 7.48. The fourth-order valence-electron chi connectivity index (χ4n) is 2.44. The maximum Gasteiger partial charge on any atom is 0.416 e. The van der Waals surface area contributed by atoms with Gasteiger partial charge in [-0.05, 0) is 36.2 Å². The summed E-state index contributed by atoms with van der Waals surface area (Å²) in [6.45, 7) is 2.04. The summed E-state index contributed by atoms with van der Waals surface area (Å²) < 4.78 is 37.6. The van der Waals surface area contributed by atoms with Gasteiger partial charge in [-0.1, -0.05) is 18.2 Å². The molecule has 25 heavy (non-hydrogen) atoms. The highest BCUT2D eigenvalue weighted by atomic mass is 19.4. The lowest BCUT2D eigenvalue weighted by Gasteiger charge is -2.10. The number of halogens is 3. The van der Waals surface area contributed by atoms with Crippen molar-refractivity contribution in [1.29, 1.82) is 0 Å². The van der Waals surface area contributed by atoms with Gasteiger partial charge in [-0.25, -0.2) is 4.79 Å². The third-order valence-corrected chi connectivity index (χ3v) is 3.81. The number of aromatic nitrogens is 2. The number of nitrogens with zero attached hydrogens (tertiary/aromatic N) is 1. The van der Waals surface area contributed by atoms with Crippen LogP contribution in [0, 0.1) is 6.92 Å². The number of rotatable bonds is 3. The van der Waals surface area contributed by atoms with E-state index in [0.717, 1.165) is 28.6 Å². The smallest absolute Gasteiger partial charge is 0.334 e. The predicted molar refractivity (Wildman–Crippen MR) is 88.1 cm³/mol. The summed E-state index contributed by atoms with van der Waals surface area (Å²) >= 11 is 0. The number of hydrogen-bond donors (Lipinski definition) is 3. The molecule has 2 amide bonds. The van der Waals surface area contributed by atoms with Crippen molar-refractivity contribution in [3.05, 3.63) is 59.3 Å². The van der Waals surface area contributed by atoms with E-state index in [9.17, 15) is 18.0 Å². The van der Waals surface area contributed by atoms with Crippen molar-refractivity contribution in [2.24, 2.45) is 0 Å². The summed E-state index contributed by atoms with van der Waals surface area (Å²) in [5, 5.41) is 12.9. The SMILES string of the molecule is Cc1ccc(NC(=O)NCc2ccc(C(F)(F)F)cc2)c2cn[nH]c12. The third-order valence-electron chi connectivity index (χ3n) is 3.81. The van der Waals surface area contributed by atoms with Gasteiger partial charge in [-0.15, -0.1) is 0 Å². The van der Waals surface area contributed by atoms with Gasteiger partial charge in [-0.2, -0.15) is 18.3 Å². The van der Waals surface area contributed by atoms with Crippen molar-refractivity contribution >= 4 is 22.6 Å². The molecule has 0 aliphatic carbocycles. The number of anilines is 1. The number of aryl methyl sites for hydroxylation is 1. The second-order valence-electron chi connectivity index (χ2n) is 5.59. The molecular weight excluding hydrogens is 333 g/mol. The highest BCUT2D eigenvalue weighted by Gasteiger charge is 2.29. The topological polar surface area (TPSA) is 69.8 Å². The van der Waals surface area contributed by atoms with E-state index in [1.165, 1.54) is 12.1 Å². The van der Waals surface area contributed by atoms with Crippen molar-refractivity contribution in [3.8, 4) is 0 Å². The third kappa shape index (κ3) is 3.73. The van der Waals surface area contributed by atoms with Crippen molar-refractivity contribution < 1.29 is 18.0 Å². The Morgan fingerprint density at radius 1 is 1.16 bits per heavy atom. The zero-order valence-corrected chi connectivity index (χ0v) is 13.2. The summed E-state index contributed by atoms with van der Waals surface area (Å²) in [7, 11) is 0. The van der Waals surface area contributed by atoms with Crippen LogP contribution in [0.4, 0.5) is 23.7 Å². The molecule has 0 saturated heterocycles. The lowest BCUT2D eigenvalue weighted by molar-refractivity contribution is -0.137. The van der Waals surface area contributed by atoms with Crippen LogP contribution in [-0.4, -0.2) is 16.2 Å². The van der Waals surface area contributed by atoms with Crippen molar-refractivity contribution in [2.45, 2.75) is 19.6 Å². The average molecular weight is 348 g/mol. The molecule has 8 heteroatoms. The van der Waals surface area contributed by atoms with Gasteiger partial charge in [-0.3, -0.25) is 5.10 Å². The van der Waals surface area contributed by atoms with Crippen LogP contribution in [0.3, 0.4) is 0 Å². The predicted octanol–water partition coefficient (Wildman–Crippen LogP) is 4.21. The molecule has 0 aliphatic heterocycles. The molecule has 0 spiro atoms. The quantitative estimate of drug-likeness (QED) is 0.663. The van der Waals surface area contributed by atoms with Gasteiger partial charge < -0.3 is 10.6 Å². The minimum atomic E-state index is -4.37. The van der Waals surface area contributed by atoms with Crippen LogP contribution in [-0.2, 0) is 12.7 Å². The lowest BCUT2D eigenvalue weighted by atomic mass is 10.1. The van der Waals surface area contributed by atoms with E-state index in [2.05, 4.69) is 20.8 Å². The molecule has 0 saturated carbocycles. The molecule has 0 unspecified atom stereocenters.